The van der Waals surface area contributed by atoms with Crippen molar-refractivity contribution in [2.45, 2.75) is 26.4 Å². The molecule has 0 N–H and O–H groups in total. The van der Waals surface area contributed by atoms with Crippen LogP contribution in [0.25, 0.3) is 6.08 Å². The van der Waals surface area contributed by atoms with E-state index in [1.807, 2.05) is 55.5 Å². The third-order valence-electron chi connectivity index (χ3n) is 4.60. The summed E-state index contributed by atoms with van der Waals surface area (Å²) in [6.45, 7) is 2.94. The van der Waals surface area contributed by atoms with Crippen LogP contribution in [-0.4, -0.2) is 41.4 Å². The van der Waals surface area contributed by atoms with Crippen LogP contribution >= 0.6 is 24.0 Å². The minimum Gasteiger partial charge on any atom is -0.493 e. The molecule has 2 aromatic rings. The Hall–Kier alpha value is -2.84. The van der Waals surface area contributed by atoms with E-state index in [1.165, 1.54) is 16.7 Å². The smallest absolute Gasteiger partial charge is 0.307 e. The summed E-state index contributed by atoms with van der Waals surface area (Å²) in [5, 5.41) is 0. The van der Waals surface area contributed by atoms with Gasteiger partial charge in [-0.2, -0.15) is 0 Å². The number of amides is 1. The zero-order chi connectivity index (χ0) is 22.9. The number of hydrogen-bond donors (Lipinski definition) is 0. The summed E-state index contributed by atoms with van der Waals surface area (Å²) in [7, 11) is 1.57. The summed E-state index contributed by atoms with van der Waals surface area (Å²) in [6.07, 6.45) is 2.63. The van der Waals surface area contributed by atoms with Crippen molar-refractivity contribution in [1.82, 2.24) is 4.90 Å². The number of carbonyl (C=O) groups excluding carboxylic acids is 2. The number of rotatable bonds is 10. The van der Waals surface area contributed by atoms with E-state index in [0.29, 0.717) is 33.9 Å². The molecule has 0 unspecified atom stereocenters. The van der Waals surface area contributed by atoms with Crippen molar-refractivity contribution in [1.29, 1.82) is 0 Å². The maximum Gasteiger partial charge on any atom is 0.307 e. The minimum absolute atomic E-state index is 0.112. The van der Waals surface area contributed by atoms with Crippen molar-refractivity contribution >= 4 is 46.3 Å². The van der Waals surface area contributed by atoms with Crippen LogP contribution in [0.15, 0.2) is 53.4 Å². The van der Waals surface area contributed by atoms with Gasteiger partial charge in [0.15, 0.2) is 11.5 Å². The lowest BCUT2D eigenvalue weighted by atomic mass is 10.1. The molecule has 32 heavy (non-hydrogen) atoms. The van der Waals surface area contributed by atoms with Crippen LogP contribution in [0, 0.1) is 0 Å². The first-order valence-corrected chi connectivity index (χ1v) is 11.5. The number of thiocarbonyl (C=S) groups is 1. The van der Waals surface area contributed by atoms with Crippen molar-refractivity contribution < 1.29 is 23.8 Å². The molecule has 1 amide bonds. The molecule has 0 aromatic heterocycles. The van der Waals surface area contributed by atoms with Crippen LogP contribution in [0.5, 0.6) is 11.5 Å². The zero-order valence-corrected chi connectivity index (χ0v) is 19.7. The number of carbonyl (C=O) groups is 2. The highest BCUT2D eigenvalue weighted by Gasteiger charge is 2.32. The lowest BCUT2D eigenvalue weighted by Gasteiger charge is -2.13. The molecule has 0 bridgehead atoms. The molecule has 0 spiro atoms. The van der Waals surface area contributed by atoms with Gasteiger partial charge in [0.25, 0.3) is 5.91 Å². The third-order valence-corrected chi connectivity index (χ3v) is 5.98. The topological polar surface area (TPSA) is 65.1 Å². The second-order valence-corrected chi connectivity index (χ2v) is 8.66. The first kappa shape index (κ1) is 23.8. The highest BCUT2D eigenvalue weighted by molar-refractivity contribution is 8.26. The first-order valence-electron chi connectivity index (χ1n) is 10.3. The molecule has 0 atom stereocenters. The summed E-state index contributed by atoms with van der Waals surface area (Å²) in [4.78, 5) is 26.4. The normalized spacial score (nSPS) is 14.7. The highest BCUT2D eigenvalue weighted by Crippen LogP contribution is 2.35. The second-order valence-electron chi connectivity index (χ2n) is 6.99. The molecule has 1 saturated heterocycles. The van der Waals surface area contributed by atoms with Gasteiger partial charge >= 0.3 is 5.97 Å². The molecular weight excluding hydrogens is 446 g/mol. The van der Waals surface area contributed by atoms with Gasteiger partial charge in [-0.25, -0.2) is 0 Å². The Morgan fingerprint density at radius 2 is 1.94 bits per heavy atom. The Labute approximate surface area is 197 Å². The van der Waals surface area contributed by atoms with E-state index in [0.717, 1.165) is 17.5 Å². The number of hydrogen-bond acceptors (Lipinski definition) is 7. The molecule has 2 aromatic carbocycles. The van der Waals surface area contributed by atoms with E-state index in [9.17, 15) is 9.59 Å². The van der Waals surface area contributed by atoms with Crippen LogP contribution in [0.1, 0.15) is 30.9 Å². The van der Waals surface area contributed by atoms with E-state index in [-0.39, 0.29) is 24.8 Å². The van der Waals surface area contributed by atoms with Crippen LogP contribution in [0.3, 0.4) is 0 Å². The number of thioether (sulfide) groups is 1. The van der Waals surface area contributed by atoms with Crippen LogP contribution < -0.4 is 9.47 Å². The van der Waals surface area contributed by atoms with E-state index in [4.69, 9.17) is 26.4 Å². The second kappa shape index (κ2) is 11.7. The van der Waals surface area contributed by atoms with Crippen molar-refractivity contribution in [2.24, 2.45) is 0 Å². The summed E-state index contributed by atoms with van der Waals surface area (Å²) < 4.78 is 16.8. The SMILES string of the molecule is CCCOC(=O)CCN1C(=O)/C(=C/c2ccc(OCc3ccccc3)c(OC)c2)SC1=S. The molecule has 168 valence electrons. The minimum atomic E-state index is -0.333. The molecule has 0 saturated carbocycles. The van der Waals surface area contributed by atoms with E-state index < -0.39 is 0 Å². The van der Waals surface area contributed by atoms with Gasteiger partial charge in [0.05, 0.1) is 25.0 Å². The molecule has 6 nitrogen and oxygen atoms in total. The molecule has 1 heterocycles. The van der Waals surface area contributed by atoms with Gasteiger partial charge in [0, 0.05) is 6.54 Å². The number of methoxy groups -OCH3 is 1. The van der Waals surface area contributed by atoms with Gasteiger partial charge in [-0.3, -0.25) is 14.5 Å². The maximum absolute atomic E-state index is 12.8. The quantitative estimate of drug-likeness (QED) is 0.280. The fraction of sp³-hybridized carbons (Fsp3) is 0.292. The summed E-state index contributed by atoms with van der Waals surface area (Å²) in [6, 6.07) is 15.4. The summed E-state index contributed by atoms with van der Waals surface area (Å²) in [5.74, 6) is 0.642. The van der Waals surface area contributed by atoms with Gasteiger partial charge in [-0.05, 0) is 35.8 Å². The van der Waals surface area contributed by atoms with Crippen LogP contribution in [0.4, 0.5) is 0 Å². The van der Waals surface area contributed by atoms with E-state index >= 15 is 0 Å². The van der Waals surface area contributed by atoms with Gasteiger partial charge in [-0.15, -0.1) is 0 Å². The van der Waals surface area contributed by atoms with Crippen LogP contribution in [-0.2, 0) is 20.9 Å². The standard InChI is InChI=1S/C24H25NO5S2/c1-3-13-29-22(26)11-12-25-23(27)21(32-24(25)31)15-18-9-10-19(20(14-18)28-2)30-16-17-7-5-4-6-8-17/h4-10,14-15H,3,11-13,16H2,1-2H3/b21-15-. The molecule has 1 fully saturated rings. The van der Waals surface area contributed by atoms with Crippen molar-refractivity contribution in [2.75, 3.05) is 20.3 Å². The van der Waals surface area contributed by atoms with E-state index in [2.05, 4.69) is 0 Å². The van der Waals surface area contributed by atoms with Gasteiger partial charge in [0.1, 0.15) is 10.9 Å². The first-order chi connectivity index (χ1) is 15.5. The Morgan fingerprint density at radius 1 is 1.16 bits per heavy atom. The van der Waals surface area contributed by atoms with Gasteiger partial charge in [0.2, 0.25) is 0 Å². The Morgan fingerprint density at radius 3 is 2.66 bits per heavy atom. The Kier molecular flexibility index (Phi) is 8.70. The average Bonchev–Trinajstić information content (AvgIpc) is 3.07. The Bertz CT molecular complexity index is 1010. The lowest BCUT2D eigenvalue weighted by molar-refractivity contribution is -0.143. The number of ether oxygens (including phenoxy) is 3. The molecular formula is C24H25NO5S2. The molecule has 1 aliphatic heterocycles. The largest absolute Gasteiger partial charge is 0.493 e. The predicted molar refractivity (Wildman–Crippen MR) is 130 cm³/mol. The fourth-order valence-corrected chi connectivity index (χ4v) is 4.27. The van der Waals surface area contributed by atoms with Crippen molar-refractivity contribution in [3.05, 3.63) is 64.6 Å². The average molecular weight is 472 g/mol. The van der Waals surface area contributed by atoms with Crippen molar-refractivity contribution in [3.8, 4) is 11.5 Å². The summed E-state index contributed by atoms with van der Waals surface area (Å²) >= 11 is 6.55. The molecule has 1 aliphatic rings. The monoisotopic (exact) mass is 471 g/mol. The zero-order valence-electron chi connectivity index (χ0n) is 18.0. The van der Waals surface area contributed by atoms with Gasteiger partial charge in [-0.1, -0.05) is 67.3 Å². The summed E-state index contributed by atoms with van der Waals surface area (Å²) in [5.41, 5.74) is 1.85. The molecule has 8 heteroatoms. The maximum atomic E-state index is 12.8. The predicted octanol–water partition coefficient (Wildman–Crippen LogP) is 4.82. The number of nitrogens with zero attached hydrogens (tertiary/aromatic N) is 1. The van der Waals surface area contributed by atoms with Gasteiger partial charge < -0.3 is 14.2 Å². The lowest BCUT2D eigenvalue weighted by Crippen LogP contribution is -2.30. The fourth-order valence-electron chi connectivity index (χ4n) is 2.96. The van der Waals surface area contributed by atoms with E-state index in [1.54, 1.807) is 13.2 Å². The number of esters is 1. The van der Waals surface area contributed by atoms with Crippen molar-refractivity contribution in [3.63, 3.8) is 0 Å². The number of benzene rings is 2. The Balaban J connectivity index is 1.66. The molecule has 3 rings (SSSR count). The molecule has 0 radical (unpaired) electrons. The molecule has 0 aliphatic carbocycles. The third kappa shape index (κ3) is 6.34. The van der Waals surface area contributed by atoms with Crippen LogP contribution in [0.2, 0.25) is 0 Å². The highest BCUT2D eigenvalue weighted by atomic mass is 32.2.